The maximum Gasteiger partial charge on any atom is 0.417 e. The maximum absolute atomic E-state index is 12.9. The summed E-state index contributed by atoms with van der Waals surface area (Å²) in [7, 11) is 0. The lowest BCUT2D eigenvalue weighted by atomic mass is 10.1. The van der Waals surface area contributed by atoms with E-state index in [1.165, 1.54) is 12.1 Å². The monoisotopic (exact) mass is 263 g/mol. The van der Waals surface area contributed by atoms with E-state index in [0.29, 0.717) is 11.2 Å². The van der Waals surface area contributed by atoms with E-state index in [0.717, 1.165) is 6.07 Å². The molecular weight excluding hydrogens is 255 g/mol. The Morgan fingerprint density at radius 1 is 1.00 bits per heavy atom. The molecule has 1 aromatic carbocycles. The van der Waals surface area contributed by atoms with Crippen LogP contribution in [0, 0.1) is 0 Å². The molecule has 0 amide bonds. The molecule has 0 spiro atoms. The first-order chi connectivity index (χ1) is 9.05. The van der Waals surface area contributed by atoms with Crippen LogP contribution in [0.4, 0.5) is 13.2 Å². The van der Waals surface area contributed by atoms with Gasteiger partial charge in [0.2, 0.25) is 0 Å². The van der Waals surface area contributed by atoms with Gasteiger partial charge in [-0.3, -0.25) is 0 Å². The summed E-state index contributed by atoms with van der Waals surface area (Å²) in [6.45, 7) is 0. The van der Waals surface area contributed by atoms with Crippen molar-refractivity contribution in [2.24, 2.45) is 0 Å². The third-order valence-electron chi connectivity index (χ3n) is 2.75. The van der Waals surface area contributed by atoms with E-state index >= 15 is 0 Å². The second-order valence-corrected chi connectivity index (χ2v) is 4.00. The Labute approximate surface area is 106 Å². The fourth-order valence-corrected chi connectivity index (χ4v) is 1.91. The summed E-state index contributed by atoms with van der Waals surface area (Å²) in [6.07, 6.45) is -2.87. The van der Waals surface area contributed by atoms with Crippen molar-refractivity contribution in [3.8, 4) is 11.4 Å². The molecule has 0 bridgehead atoms. The zero-order valence-electron chi connectivity index (χ0n) is 9.57. The van der Waals surface area contributed by atoms with Gasteiger partial charge in [-0.25, -0.2) is 9.97 Å². The maximum atomic E-state index is 12.9. The normalized spacial score (nSPS) is 11.9. The van der Waals surface area contributed by atoms with E-state index < -0.39 is 11.7 Å². The lowest BCUT2D eigenvalue weighted by Crippen LogP contribution is -2.07. The van der Waals surface area contributed by atoms with Crippen LogP contribution in [0.3, 0.4) is 0 Å². The van der Waals surface area contributed by atoms with Gasteiger partial charge in [0.05, 0.1) is 11.1 Å². The first-order valence-corrected chi connectivity index (χ1v) is 5.53. The predicted molar refractivity (Wildman–Crippen MR) is 64.3 cm³/mol. The van der Waals surface area contributed by atoms with E-state index in [4.69, 9.17) is 0 Å². The van der Waals surface area contributed by atoms with E-state index in [9.17, 15) is 13.2 Å². The molecule has 19 heavy (non-hydrogen) atoms. The van der Waals surface area contributed by atoms with Crippen molar-refractivity contribution in [2.75, 3.05) is 0 Å². The number of fused-ring (bicyclic) bond motifs is 1. The number of alkyl halides is 3. The summed E-state index contributed by atoms with van der Waals surface area (Å²) in [6, 6.07) is 8.74. The summed E-state index contributed by atoms with van der Waals surface area (Å²) in [5.41, 5.74) is 0.311. The quantitative estimate of drug-likeness (QED) is 0.728. The minimum absolute atomic E-state index is 0.0213. The van der Waals surface area contributed by atoms with Crippen LogP contribution < -0.4 is 0 Å². The molecule has 3 rings (SSSR count). The zero-order chi connectivity index (χ0) is 13.5. The van der Waals surface area contributed by atoms with Crippen molar-refractivity contribution in [3.05, 3.63) is 48.2 Å². The highest BCUT2D eigenvalue weighted by atomic mass is 19.4. The van der Waals surface area contributed by atoms with E-state index in [-0.39, 0.29) is 11.4 Å². The summed E-state index contributed by atoms with van der Waals surface area (Å²) >= 11 is 0. The lowest BCUT2D eigenvalue weighted by molar-refractivity contribution is -0.137. The van der Waals surface area contributed by atoms with Crippen LogP contribution in [0.5, 0.6) is 0 Å². The molecule has 0 fully saturated rings. The zero-order valence-corrected chi connectivity index (χ0v) is 9.57. The number of H-pyrrole nitrogens is 1. The molecule has 0 radical (unpaired) electrons. The summed E-state index contributed by atoms with van der Waals surface area (Å²) in [4.78, 5) is 10.9. The smallest absolute Gasteiger partial charge is 0.337 e. The number of rotatable bonds is 1. The molecule has 2 aromatic heterocycles. The van der Waals surface area contributed by atoms with Crippen LogP contribution in [-0.2, 0) is 6.18 Å². The van der Waals surface area contributed by atoms with Gasteiger partial charge in [-0.1, -0.05) is 18.2 Å². The lowest BCUT2D eigenvalue weighted by Gasteiger charge is -2.10. The topological polar surface area (TPSA) is 41.6 Å². The van der Waals surface area contributed by atoms with Gasteiger partial charge in [0.1, 0.15) is 5.82 Å². The predicted octanol–water partition coefficient (Wildman–Crippen LogP) is 3.64. The van der Waals surface area contributed by atoms with Gasteiger partial charge < -0.3 is 4.98 Å². The van der Waals surface area contributed by atoms with Gasteiger partial charge in [-0.2, -0.15) is 13.2 Å². The standard InChI is InChI=1S/C13H8F3N3/c14-13(15,16)9-5-2-1-4-8(9)11-18-10-6-3-7-17-12(10)19-11/h1-7H,(H,17,18,19). The van der Waals surface area contributed by atoms with Crippen LogP contribution in [0.2, 0.25) is 0 Å². The molecule has 0 aliphatic carbocycles. The number of benzene rings is 1. The summed E-state index contributed by atoms with van der Waals surface area (Å²) in [5, 5.41) is 0. The molecule has 3 nitrogen and oxygen atoms in total. The Hall–Kier alpha value is -2.37. The highest BCUT2D eigenvalue weighted by molar-refractivity contribution is 5.76. The van der Waals surface area contributed by atoms with Gasteiger partial charge in [0.25, 0.3) is 0 Å². The van der Waals surface area contributed by atoms with Crippen LogP contribution in [0.25, 0.3) is 22.6 Å². The van der Waals surface area contributed by atoms with Crippen molar-refractivity contribution in [3.63, 3.8) is 0 Å². The van der Waals surface area contributed by atoms with Gasteiger partial charge in [0, 0.05) is 11.8 Å². The Morgan fingerprint density at radius 2 is 1.79 bits per heavy atom. The summed E-state index contributed by atoms with van der Waals surface area (Å²) in [5.74, 6) is 0.168. The number of aromatic amines is 1. The van der Waals surface area contributed by atoms with Gasteiger partial charge in [-0.05, 0) is 18.2 Å². The molecule has 0 saturated heterocycles. The number of imidazole rings is 1. The van der Waals surface area contributed by atoms with Crippen LogP contribution >= 0.6 is 0 Å². The largest absolute Gasteiger partial charge is 0.417 e. The fourth-order valence-electron chi connectivity index (χ4n) is 1.91. The molecule has 1 N–H and O–H groups in total. The Kier molecular flexibility index (Phi) is 2.51. The molecule has 2 heterocycles. The highest BCUT2D eigenvalue weighted by Crippen LogP contribution is 2.36. The SMILES string of the molecule is FC(F)(F)c1ccccc1-c1nc2ncccc2[nH]1. The molecule has 96 valence electrons. The summed E-state index contributed by atoms with van der Waals surface area (Å²) < 4.78 is 38.8. The molecule has 0 aliphatic rings. The van der Waals surface area contributed by atoms with E-state index in [1.807, 2.05) is 0 Å². The van der Waals surface area contributed by atoms with Crippen molar-refractivity contribution in [1.29, 1.82) is 0 Å². The van der Waals surface area contributed by atoms with Gasteiger partial charge in [-0.15, -0.1) is 0 Å². The number of hydrogen-bond donors (Lipinski definition) is 1. The molecular formula is C13H8F3N3. The highest BCUT2D eigenvalue weighted by Gasteiger charge is 2.34. The number of halogens is 3. The minimum Gasteiger partial charge on any atom is -0.337 e. The van der Waals surface area contributed by atoms with E-state index in [2.05, 4.69) is 15.0 Å². The molecule has 3 aromatic rings. The average molecular weight is 263 g/mol. The molecule has 6 heteroatoms. The second kappa shape index (κ2) is 4.08. The van der Waals surface area contributed by atoms with Gasteiger partial charge in [0.15, 0.2) is 5.65 Å². The first kappa shape index (κ1) is 11.7. The minimum atomic E-state index is -4.41. The van der Waals surface area contributed by atoms with Crippen LogP contribution in [0.1, 0.15) is 5.56 Å². The molecule has 0 aliphatic heterocycles. The number of nitrogens with zero attached hydrogens (tertiary/aromatic N) is 2. The third kappa shape index (κ3) is 2.05. The third-order valence-corrected chi connectivity index (χ3v) is 2.75. The van der Waals surface area contributed by atoms with Gasteiger partial charge >= 0.3 is 6.18 Å². The Bertz CT molecular complexity index is 698. The number of pyridine rings is 1. The van der Waals surface area contributed by atoms with Crippen molar-refractivity contribution < 1.29 is 13.2 Å². The molecule has 0 unspecified atom stereocenters. The van der Waals surface area contributed by atoms with E-state index in [1.54, 1.807) is 24.4 Å². The number of aromatic nitrogens is 3. The Morgan fingerprint density at radius 3 is 2.53 bits per heavy atom. The molecule has 0 atom stereocenters. The van der Waals surface area contributed by atoms with Crippen molar-refractivity contribution in [2.45, 2.75) is 6.18 Å². The average Bonchev–Trinajstić information content (AvgIpc) is 2.81. The fraction of sp³-hybridized carbons (Fsp3) is 0.0769. The van der Waals surface area contributed by atoms with Crippen LogP contribution in [-0.4, -0.2) is 15.0 Å². The molecule has 0 saturated carbocycles. The van der Waals surface area contributed by atoms with Crippen molar-refractivity contribution >= 4 is 11.2 Å². The Balaban J connectivity index is 2.22. The number of hydrogen-bond acceptors (Lipinski definition) is 2. The first-order valence-electron chi connectivity index (χ1n) is 5.53. The van der Waals surface area contributed by atoms with Crippen molar-refractivity contribution in [1.82, 2.24) is 15.0 Å². The van der Waals surface area contributed by atoms with Crippen LogP contribution in [0.15, 0.2) is 42.6 Å². The number of nitrogens with one attached hydrogen (secondary N) is 1. The second-order valence-electron chi connectivity index (χ2n) is 4.00.